The molecule has 2 atom stereocenters. The van der Waals surface area contributed by atoms with E-state index in [4.69, 9.17) is 27.9 Å². The second-order valence-corrected chi connectivity index (χ2v) is 6.51. The van der Waals surface area contributed by atoms with Crippen molar-refractivity contribution in [2.24, 2.45) is 5.92 Å². The second kappa shape index (κ2) is 9.11. The van der Waals surface area contributed by atoms with Crippen molar-refractivity contribution in [2.45, 2.75) is 38.8 Å². The van der Waals surface area contributed by atoms with Crippen molar-refractivity contribution in [3.63, 3.8) is 0 Å². The fraction of sp³-hybridized carbons (Fsp3) is 0.500. The number of esters is 1. The minimum absolute atomic E-state index is 0.142. The van der Waals surface area contributed by atoms with Crippen LogP contribution < -0.4 is 5.32 Å². The molecule has 1 rings (SSSR count). The lowest BCUT2D eigenvalue weighted by Crippen LogP contribution is -2.47. The van der Waals surface area contributed by atoms with Crippen molar-refractivity contribution in [3.8, 4) is 0 Å². The number of methoxy groups -OCH3 is 1. The Morgan fingerprint density at radius 3 is 2.48 bits per heavy atom. The molecule has 7 heteroatoms. The molecule has 0 spiro atoms. The van der Waals surface area contributed by atoms with Gasteiger partial charge in [-0.25, -0.2) is 4.79 Å². The highest BCUT2D eigenvalue weighted by Crippen LogP contribution is 2.22. The minimum Gasteiger partial charge on any atom is -0.467 e. The molecule has 2 N–H and O–H groups in total. The zero-order valence-corrected chi connectivity index (χ0v) is 14.8. The molecule has 0 aliphatic heterocycles. The van der Waals surface area contributed by atoms with Gasteiger partial charge in [0.1, 0.15) is 12.1 Å². The van der Waals surface area contributed by atoms with Crippen LogP contribution in [0.2, 0.25) is 10.0 Å². The van der Waals surface area contributed by atoms with Crippen molar-refractivity contribution in [3.05, 3.63) is 33.8 Å². The molecule has 0 bridgehead atoms. The van der Waals surface area contributed by atoms with E-state index in [9.17, 15) is 14.7 Å². The lowest BCUT2D eigenvalue weighted by Gasteiger charge is -2.20. The van der Waals surface area contributed by atoms with E-state index in [-0.39, 0.29) is 12.3 Å². The summed E-state index contributed by atoms with van der Waals surface area (Å²) in [5, 5.41) is 13.2. The minimum atomic E-state index is -1.18. The molecule has 0 unspecified atom stereocenters. The van der Waals surface area contributed by atoms with Crippen LogP contribution in [0.25, 0.3) is 0 Å². The Morgan fingerprint density at radius 2 is 1.96 bits per heavy atom. The van der Waals surface area contributed by atoms with Crippen molar-refractivity contribution in [2.75, 3.05) is 7.11 Å². The molecule has 0 saturated heterocycles. The van der Waals surface area contributed by atoms with E-state index in [1.807, 2.05) is 13.8 Å². The number of aliphatic hydroxyl groups is 1. The zero-order chi connectivity index (χ0) is 17.6. The Morgan fingerprint density at radius 1 is 1.30 bits per heavy atom. The average Bonchev–Trinajstić information content (AvgIpc) is 2.47. The quantitative estimate of drug-likeness (QED) is 0.731. The number of rotatable bonds is 7. The van der Waals surface area contributed by atoms with E-state index < -0.39 is 24.0 Å². The van der Waals surface area contributed by atoms with Crippen LogP contribution in [-0.2, 0) is 20.7 Å². The number of amides is 1. The molecular formula is C16H21Cl2NO4. The molecule has 23 heavy (non-hydrogen) atoms. The molecular weight excluding hydrogens is 341 g/mol. The van der Waals surface area contributed by atoms with Crippen molar-refractivity contribution < 1.29 is 19.4 Å². The second-order valence-electron chi connectivity index (χ2n) is 5.67. The van der Waals surface area contributed by atoms with Gasteiger partial charge >= 0.3 is 5.97 Å². The average molecular weight is 362 g/mol. The van der Waals surface area contributed by atoms with Gasteiger partial charge in [-0.3, -0.25) is 4.79 Å². The fourth-order valence-corrected chi connectivity index (χ4v) is 2.55. The molecule has 0 aliphatic rings. The molecule has 1 aromatic carbocycles. The number of hydrogen-bond donors (Lipinski definition) is 2. The van der Waals surface area contributed by atoms with Crippen LogP contribution in [0.5, 0.6) is 0 Å². The number of carbonyl (C=O) groups is 2. The van der Waals surface area contributed by atoms with E-state index in [0.717, 1.165) is 0 Å². The van der Waals surface area contributed by atoms with Crippen LogP contribution in [-0.4, -0.2) is 36.2 Å². The molecule has 0 saturated carbocycles. The number of nitrogens with one attached hydrogen (secondary N) is 1. The molecule has 128 valence electrons. The van der Waals surface area contributed by atoms with Gasteiger partial charge in [0.25, 0.3) is 0 Å². The first-order valence-electron chi connectivity index (χ1n) is 7.24. The monoisotopic (exact) mass is 361 g/mol. The van der Waals surface area contributed by atoms with Gasteiger partial charge in [0.05, 0.1) is 7.11 Å². The predicted octanol–water partition coefficient (Wildman–Crippen LogP) is 2.60. The third kappa shape index (κ3) is 6.37. The highest BCUT2D eigenvalue weighted by Gasteiger charge is 2.26. The van der Waals surface area contributed by atoms with Crippen LogP contribution in [0.3, 0.4) is 0 Å². The summed E-state index contributed by atoms with van der Waals surface area (Å²) >= 11 is 11.9. The van der Waals surface area contributed by atoms with Crippen LogP contribution in [0, 0.1) is 5.92 Å². The lowest BCUT2D eigenvalue weighted by atomic mass is 10.0. The lowest BCUT2D eigenvalue weighted by molar-refractivity contribution is -0.146. The maximum atomic E-state index is 12.0. The largest absolute Gasteiger partial charge is 0.467 e. The van der Waals surface area contributed by atoms with Crippen LogP contribution >= 0.6 is 23.2 Å². The van der Waals surface area contributed by atoms with Crippen molar-refractivity contribution in [1.29, 1.82) is 0 Å². The molecule has 0 fully saturated rings. The van der Waals surface area contributed by atoms with Crippen LogP contribution in [0.4, 0.5) is 0 Å². The summed E-state index contributed by atoms with van der Waals surface area (Å²) in [5.74, 6) is -1.07. The molecule has 1 amide bonds. The third-order valence-electron chi connectivity index (χ3n) is 3.24. The predicted molar refractivity (Wildman–Crippen MR) is 89.6 cm³/mol. The Bertz CT molecular complexity index is 563. The standard InChI is InChI=1S/C16H21Cl2NO4/c1-9(2)6-14(20)15(21)19-13(16(22)23-3)7-10-4-5-11(17)8-12(10)18/h4-5,8-9,13-14,20H,6-7H2,1-3H3,(H,19,21)/t13-,14-/m0/s1. The van der Waals surface area contributed by atoms with Gasteiger partial charge in [-0.15, -0.1) is 0 Å². The number of benzene rings is 1. The van der Waals surface area contributed by atoms with Gasteiger partial charge in [-0.1, -0.05) is 43.1 Å². The normalized spacial score (nSPS) is 13.5. The SMILES string of the molecule is COC(=O)[C@H](Cc1ccc(Cl)cc1Cl)NC(=O)[C@@H](O)CC(C)C. The summed E-state index contributed by atoms with van der Waals surface area (Å²) in [6.45, 7) is 3.78. The van der Waals surface area contributed by atoms with E-state index in [0.29, 0.717) is 22.0 Å². The van der Waals surface area contributed by atoms with E-state index in [2.05, 4.69) is 5.32 Å². The summed E-state index contributed by atoms with van der Waals surface area (Å²) < 4.78 is 4.71. The van der Waals surface area contributed by atoms with Crippen LogP contribution in [0.15, 0.2) is 18.2 Å². The Labute approximate surface area is 145 Å². The van der Waals surface area contributed by atoms with Crippen molar-refractivity contribution in [1.82, 2.24) is 5.32 Å². The van der Waals surface area contributed by atoms with E-state index >= 15 is 0 Å². The first kappa shape index (κ1) is 19.7. The van der Waals surface area contributed by atoms with Gasteiger partial charge in [0.2, 0.25) is 5.91 Å². The Balaban J connectivity index is 2.84. The third-order valence-corrected chi connectivity index (χ3v) is 3.83. The molecule has 0 aromatic heterocycles. The molecule has 1 aromatic rings. The molecule has 0 radical (unpaired) electrons. The zero-order valence-electron chi connectivity index (χ0n) is 13.3. The number of carbonyl (C=O) groups excluding carboxylic acids is 2. The van der Waals surface area contributed by atoms with E-state index in [1.165, 1.54) is 7.11 Å². The van der Waals surface area contributed by atoms with Gasteiger partial charge in [-0.2, -0.15) is 0 Å². The smallest absolute Gasteiger partial charge is 0.328 e. The highest BCUT2D eigenvalue weighted by molar-refractivity contribution is 6.35. The first-order chi connectivity index (χ1) is 10.7. The number of aliphatic hydroxyl groups excluding tert-OH is 1. The van der Waals surface area contributed by atoms with Gasteiger partial charge in [-0.05, 0) is 30.0 Å². The highest BCUT2D eigenvalue weighted by atomic mass is 35.5. The number of ether oxygens (including phenoxy) is 1. The van der Waals surface area contributed by atoms with Gasteiger partial charge in [0.15, 0.2) is 0 Å². The summed E-state index contributed by atoms with van der Waals surface area (Å²) in [4.78, 5) is 23.9. The molecule has 5 nitrogen and oxygen atoms in total. The Hall–Kier alpha value is -1.30. The summed E-state index contributed by atoms with van der Waals surface area (Å²) in [6, 6.07) is 3.94. The maximum Gasteiger partial charge on any atom is 0.328 e. The Kier molecular flexibility index (Phi) is 7.82. The summed E-state index contributed by atoms with van der Waals surface area (Å²) in [7, 11) is 1.23. The molecule has 0 aliphatic carbocycles. The first-order valence-corrected chi connectivity index (χ1v) is 8.00. The number of hydrogen-bond acceptors (Lipinski definition) is 4. The fourth-order valence-electron chi connectivity index (χ4n) is 2.06. The van der Waals surface area contributed by atoms with Crippen molar-refractivity contribution >= 4 is 35.1 Å². The number of halogens is 2. The molecule has 0 heterocycles. The van der Waals surface area contributed by atoms with Crippen LogP contribution in [0.1, 0.15) is 25.8 Å². The van der Waals surface area contributed by atoms with E-state index in [1.54, 1.807) is 18.2 Å². The topological polar surface area (TPSA) is 75.6 Å². The summed E-state index contributed by atoms with van der Waals surface area (Å²) in [5.41, 5.74) is 0.644. The summed E-state index contributed by atoms with van der Waals surface area (Å²) in [6.07, 6.45) is -0.729. The van der Waals surface area contributed by atoms with Gasteiger partial charge in [0, 0.05) is 16.5 Å². The maximum absolute atomic E-state index is 12.0. The van der Waals surface area contributed by atoms with Gasteiger partial charge < -0.3 is 15.2 Å².